The third-order valence-electron chi connectivity index (χ3n) is 6.76. The summed E-state index contributed by atoms with van der Waals surface area (Å²) in [5, 5.41) is 4.90. The summed E-state index contributed by atoms with van der Waals surface area (Å²) in [7, 11) is -3.47. The van der Waals surface area contributed by atoms with Crippen LogP contribution in [0.25, 0.3) is 5.69 Å². The molecular weight excluding hydrogens is 502 g/mol. The van der Waals surface area contributed by atoms with Crippen LogP contribution < -0.4 is 15.2 Å². The first-order valence-corrected chi connectivity index (χ1v) is 13.9. The van der Waals surface area contributed by atoms with Crippen molar-refractivity contribution in [1.82, 2.24) is 19.1 Å². The fourth-order valence-electron chi connectivity index (χ4n) is 4.39. The van der Waals surface area contributed by atoms with Gasteiger partial charge in [-0.25, -0.2) is 8.42 Å². The zero-order chi connectivity index (χ0) is 25.3. The Morgan fingerprint density at radius 3 is 2.50 bits per heavy atom. The Morgan fingerprint density at radius 1 is 1.11 bits per heavy atom. The van der Waals surface area contributed by atoms with Crippen LogP contribution in [0.1, 0.15) is 18.9 Å². The van der Waals surface area contributed by atoms with Crippen LogP contribution in [0.15, 0.2) is 59.8 Å². The lowest BCUT2D eigenvalue weighted by atomic mass is 10.3. The van der Waals surface area contributed by atoms with E-state index in [-0.39, 0.29) is 17.1 Å². The quantitative estimate of drug-likeness (QED) is 0.442. The molecule has 3 aromatic rings. The zero-order valence-electron chi connectivity index (χ0n) is 20.0. The highest BCUT2D eigenvalue weighted by Crippen LogP contribution is 2.38. The van der Waals surface area contributed by atoms with E-state index >= 15 is 0 Å². The molecule has 0 N–H and O–H groups in total. The number of benzene rings is 1. The Labute approximate surface area is 215 Å². The number of nitrogens with zero attached hydrogens (tertiary/aromatic N) is 5. The SMILES string of the molecule is CC1CC1COc1c(N2CCN(S(=O)(=O)Cc3ccncc3)CC2)cnn(-c2cccc(Cl)c2)c1=O. The van der Waals surface area contributed by atoms with Crippen LogP contribution in [0.3, 0.4) is 0 Å². The van der Waals surface area contributed by atoms with Crippen molar-refractivity contribution in [2.24, 2.45) is 11.8 Å². The number of hydrogen-bond donors (Lipinski definition) is 0. The summed E-state index contributed by atoms with van der Waals surface area (Å²) in [5.74, 6) is 1.18. The highest BCUT2D eigenvalue weighted by atomic mass is 35.5. The van der Waals surface area contributed by atoms with E-state index in [2.05, 4.69) is 17.0 Å². The molecule has 2 aliphatic rings. The topological polar surface area (TPSA) is 97.6 Å². The van der Waals surface area contributed by atoms with Gasteiger partial charge >= 0.3 is 5.56 Å². The minimum absolute atomic E-state index is 0.0688. The van der Waals surface area contributed by atoms with Crippen molar-refractivity contribution >= 4 is 27.3 Å². The van der Waals surface area contributed by atoms with Crippen LogP contribution >= 0.6 is 11.6 Å². The molecule has 1 aromatic carbocycles. The molecule has 2 fully saturated rings. The van der Waals surface area contributed by atoms with Gasteiger partial charge in [0.25, 0.3) is 0 Å². The maximum absolute atomic E-state index is 13.5. The van der Waals surface area contributed by atoms with Gasteiger partial charge in [0.1, 0.15) is 5.69 Å². The van der Waals surface area contributed by atoms with E-state index in [1.807, 2.05) is 4.90 Å². The van der Waals surface area contributed by atoms with Crippen molar-refractivity contribution in [3.63, 3.8) is 0 Å². The fraction of sp³-hybridized carbons (Fsp3) is 0.400. The second-order valence-corrected chi connectivity index (χ2v) is 11.7. The van der Waals surface area contributed by atoms with Gasteiger partial charge in [-0.2, -0.15) is 14.1 Å². The molecule has 36 heavy (non-hydrogen) atoms. The van der Waals surface area contributed by atoms with Crippen LogP contribution in [0, 0.1) is 11.8 Å². The Balaban J connectivity index is 1.37. The number of ether oxygens (including phenoxy) is 1. The maximum atomic E-state index is 13.5. The summed E-state index contributed by atoms with van der Waals surface area (Å²) in [6.07, 6.45) is 5.88. The molecule has 190 valence electrons. The zero-order valence-corrected chi connectivity index (χ0v) is 21.5. The van der Waals surface area contributed by atoms with Crippen LogP contribution in [0.5, 0.6) is 5.75 Å². The number of piperazine rings is 1. The van der Waals surface area contributed by atoms with Gasteiger partial charge in [-0.1, -0.05) is 24.6 Å². The minimum atomic E-state index is -3.47. The van der Waals surface area contributed by atoms with Gasteiger partial charge in [0.15, 0.2) is 0 Å². The summed E-state index contributed by atoms with van der Waals surface area (Å²) in [5.41, 5.74) is 1.47. The second-order valence-electron chi connectivity index (χ2n) is 9.34. The third kappa shape index (κ3) is 5.40. The molecule has 1 aliphatic heterocycles. The molecule has 5 rings (SSSR count). The molecule has 1 saturated carbocycles. The van der Waals surface area contributed by atoms with Crippen LogP contribution in [-0.2, 0) is 15.8 Å². The maximum Gasteiger partial charge on any atom is 0.316 e. The molecule has 11 heteroatoms. The first-order chi connectivity index (χ1) is 17.3. The molecule has 0 amide bonds. The third-order valence-corrected chi connectivity index (χ3v) is 8.84. The number of aromatic nitrogens is 3. The molecule has 0 radical (unpaired) electrons. The lowest BCUT2D eigenvalue weighted by Gasteiger charge is -2.35. The van der Waals surface area contributed by atoms with Crippen LogP contribution in [0.4, 0.5) is 5.69 Å². The monoisotopic (exact) mass is 529 g/mol. The van der Waals surface area contributed by atoms with Gasteiger partial charge in [-0.15, -0.1) is 0 Å². The molecule has 0 spiro atoms. The summed E-state index contributed by atoms with van der Waals surface area (Å²) in [6.45, 7) is 4.09. The summed E-state index contributed by atoms with van der Waals surface area (Å²) in [6, 6.07) is 10.3. The predicted molar refractivity (Wildman–Crippen MR) is 138 cm³/mol. The van der Waals surface area contributed by atoms with E-state index in [0.717, 1.165) is 6.42 Å². The smallest absolute Gasteiger partial charge is 0.316 e. The number of pyridine rings is 1. The number of halogens is 1. The van der Waals surface area contributed by atoms with Gasteiger partial charge < -0.3 is 9.64 Å². The van der Waals surface area contributed by atoms with Crippen molar-refractivity contribution in [2.75, 3.05) is 37.7 Å². The van der Waals surface area contributed by atoms with Gasteiger partial charge in [0, 0.05) is 43.6 Å². The largest absolute Gasteiger partial charge is 0.486 e. The van der Waals surface area contributed by atoms with Crippen molar-refractivity contribution in [3.05, 3.63) is 75.9 Å². The molecule has 9 nitrogen and oxygen atoms in total. The number of rotatable bonds is 8. The average Bonchev–Trinajstić information content (AvgIpc) is 3.58. The Bertz CT molecular complexity index is 1390. The summed E-state index contributed by atoms with van der Waals surface area (Å²) >= 11 is 6.13. The van der Waals surface area contributed by atoms with E-state index in [9.17, 15) is 13.2 Å². The van der Waals surface area contributed by atoms with Gasteiger partial charge in [0.05, 0.1) is 24.2 Å². The molecule has 2 aromatic heterocycles. The molecule has 2 atom stereocenters. The first kappa shape index (κ1) is 24.7. The van der Waals surface area contributed by atoms with Crippen LogP contribution in [-0.4, -0.2) is 60.3 Å². The second kappa shape index (κ2) is 10.2. The standard InChI is InChI=1S/C25H28ClN5O4S/c1-18-13-20(18)16-35-24-23(15-28-31(25(24)32)22-4-2-3-21(26)14-22)29-9-11-30(12-10-29)36(33,34)17-19-5-7-27-8-6-19/h2-8,14-15,18,20H,9-13,16-17H2,1H3. The van der Waals surface area contributed by atoms with E-state index in [4.69, 9.17) is 16.3 Å². The number of hydrogen-bond acceptors (Lipinski definition) is 7. The van der Waals surface area contributed by atoms with Crippen molar-refractivity contribution in [2.45, 2.75) is 19.1 Å². The Hall–Kier alpha value is -2.95. The van der Waals surface area contributed by atoms with Crippen molar-refractivity contribution < 1.29 is 13.2 Å². The molecule has 1 aliphatic carbocycles. The highest BCUT2D eigenvalue weighted by molar-refractivity contribution is 7.88. The Kier molecular flexibility index (Phi) is 7.00. The van der Waals surface area contributed by atoms with Crippen molar-refractivity contribution in [3.8, 4) is 11.4 Å². The predicted octanol–water partition coefficient (Wildman–Crippen LogP) is 2.97. The highest BCUT2D eigenvalue weighted by Gasteiger charge is 2.34. The van der Waals surface area contributed by atoms with Gasteiger partial charge in [-0.05, 0) is 54.2 Å². The normalized spacial score (nSPS) is 20.3. The van der Waals surface area contributed by atoms with E-state index < -0.39 is 10.0 Å². The molecule has 0 bridgehead atoms. The Morgan fingerprint density at radius 2 is 1.83 bits per heavy atom. The van der Waals surface area contributed by atoms with E-state index in [1.165, 1.54) is 8.99 Å². The molecule has 3 heterocycles. The summed E-state index contributed by atoms with van der Waals surface area (Å²) in [4.78, 5) is 19.4. The van der Waals surface area contributed by atoms with Gasteiger partial charge in [-0.3, -0.25) is 9.78 Å². The number of sulfonamides is 1. The molecular formula is C25H28ClN5O4S. The number of anilines is 1. The van der Waals surface area contributed by atoms with E-state index in [1.54, 1.807) is 55.0 Å². The minimum Gasteiger partial charge on any atom is -0.486 e. The first-order valence-electron chi connectivity index (χ1n) is 11.9. The lowest BCUT2D eigenvalue weighted by Crippen LogP contribution is -2.49. The van der Waals surface area contributed by atoms with Gasteiger partial charge in [0.2, 0.25) is 15.8 Å². The lowest BCUT2D eigenvalue weighted by molar-refractivity contribution is 0.286. The molecule has 2 unspecified atom stereocenters. The molecule has 1 saturated heterocycles. The summed E-state index contributed by atoms with van der Waals surface area (Å²) < 4.78 is 34.8. The van der Waals surface area contributed by atoms with Crippen LogP contribution in [0.2, 0.25) is 5.02 Å². The fourth-order valence-corrected chi connectivity index (χ4v) is 6.09. The van der Waals surface area contributed by atoms with E-state index in [0.29, 0.717) is 66.6 Å². The average molecular weight is 530 g/mol. The van der Waals surface area contributed by atoms with Crippen molar-refractivity contribution in [1.29, 1.82) is 0 Å².